The first-order valence-electron chi connectivity index (χ1n) is 8.48. The number of hydrogen-bond donors (Lipinski definition) is 0. The van der Waals surface area contributed by atoms with Crippen LogP contribution in [0.4, 0.5) is 0 Å². The van der Waals surface area contributed by atoms with Gasteiger partial charge in [0.25, 0.3) is 0 Å². The Balaban J connectivity index is 1.66. The second kappa shape index (κ2) is 7.16. The Labute approximate surface area is 152 Å². The van der Waals surface area contributed by atoms with Gasteiger partial charge in [-0.15, -0.1) is 10.2 Å². The minimum Gasteiger partial charge on any atom is -0.417 e. The number of piperazine rings is 1. The van der Waals surface area contributed by atoms with Crippen molar-refractivity contribution in [2.45, 2.75) is 31.6 Å². The number of amides is 1. The smallest absolute Gasteiger partial charge is 0.311 e. The van der Waals surface area contributed by atoms with E-state index in [9.17, 15) is 13.2 Å². The van der Waals surface area contributed by atoms with Gasteiger partial charge >= 0.3 is 11.8 Å². The number of hydrogen-bond acceptors (Lipinski definition) is 6. The number of aryl methyl sites for hydroxylation is 1. The quantitative estimate of drug-likeness (QED) is 0.802. The number of sulfonamides is 1. The Kier molecular flexibility index (Phi) is 5.10. The molecule has 140 valence electrons. The third kappa shape index (κ3) is 3.63. The van der Waals surface area contributed by atoms with Crippen LogP contribution in [0.5, 0.6) is 0 Å². The van der Waals surface area contributed by atoms with Crippen molar-refractivity contribution in [3.05, 3.63) is 41.6 Å². The average molecular weight is 378 g/mol. The Hall–Kier alpha value is -2.26. The van der Waals surface area contributed by atoms with E-state index in [2.05, 4.69) is 10.2 Å². The van der Waals surface area contributed by atoms with Gasteiger partial charge in [0.05, 0.1) is 4.90 Å². The summed E-state index contributed by atoms with van der Waals surface area (Å²) in [7, 11) is -3.56. The molecule has 3 rings (SSSR count). The lowest BCUT2D eigenvalue weighted by Gasteiger charge is -2.33. The second-order valence-corrected chi connectivity index (χ2v) is 8.55. The molecule has 2 aromatic rings. The van der Waals surface area contributed by atoms with Crippen molar-refractivity contribution in [3.63, 3.8) is 0 Å². The summed E-state index contributed by atoms with van der Waals surface area (Å²) in [6, 6.07) is 6.76. The summed E-state index contributed by atoms with van der Waals surface area (Å²) in [6.45, 7) is 6.73. The maximum Gasteiger partial charge on any atom is 0.311 e. The molecule has 0 radical (unpaired) electrons. The van der Waals surface area contributed by atoms with Crippen LogP contribution >= 0.6 is 0 Å². The van der Waals surface area contributed by atoms with Crippen LogP contribution in [-0.4, -0.2) is 59.9 Å². The molecule has 1 aromatic carbocycles. The molecule has 2 heterocycles. The SMILES string of the molecule is Cc1ccc(S(=O)(=O)N2CCN(C(=O)c3nnc(C(C)C)o3)CC2)cc1. The predicted octanol–water partition coefficient (Wildman–Crippen LogP) is 1.65. The Morgan fingerprint density at radius 2 is 1.69 bits per heavy atom. The highest BCUT2D eigenvalue weighted by Gasteiger charge is 2.32. The fourth-order valence-electron chi connectivity index (χ4n) is 2.68. The topological polar surface area (TPSA) is 96.6 Å². The summed E-state index contributed by atoms with van der Waals surface area (Å²) in [5, 5.41) is 7.66. The molecule has 0 unspecified atom stereocenters. The van der Waals surface area contributed by atoms with Crippen LogP contribution in [0.15, 0.2) is 33.6 Å². The minimum atomic E-state index is -3.56. The monoisotopic (exact) mass is 378 g/mol. The van der Waals surface area contributed by atoms with Crippen LogP contribution in [0.25, 0.3) is 0 Å². The van der Waals surface area contributed by atoms with E-state index >= 15 is 0 Å². The highest BCUT2D eigenvalue weighted by Crippen LogP contribution is 2.19. The van der Waals surface area contributed by atoms with E-state index < -0.39 is 10.0 Å². The Bertz CT molecular complexity index is 882. The van der Waals surface area contributed by atoms with Gasteiger partial charge < -0.3 is 9.32 Å². The molecule has 0 N–H and O–H groups in total. The van der Waals surface area contributed by atoms with Gasteiger partial charge in [-0.2, -0.15) is 4.31 Å². The fraction of sp³-hybridized carbons (Fsp3) is 0.471. The van der Waals surface area contributed by atoms with Crippen molar-refractivity contribution in [2.75, 3.05) is 26.2 Å². The molecular formula is C17H22N4O4S. The maximum atomic E-state index is 12.7. The highest BCUT2D eigenvalue weighted by atomic mass is 32.2. The van der Waals surface area contributed by atoms with Crippen LogP contribution < -0.4 is 0 Å². The molecular weight excluding hydrogens is 356 g/mol. The van der Waals surface area contributed by atoms with Crippen LogP contribution in [0.3, 0.4) is 0 Å². The zero-order chi connectivity index (χ0) is 18.9. The summed E-state index contributed by atoms with van der Waals surface area (Å²) in [5.74, 6) is 0.0369. The van der Waals surface area contributed by atoms with Gasteiger partial charge in [-0.05, 0) is 19.1 Å². The molecule has 0 spiro atoms. The average Bonchev–Trinajstić information content (AvgIpc) is 3.12. The Morgan fingerprint density at radius 3 is 2.23 bits per heavy atom. The standard InChI is InChI=1S/C17H22N4O4S/c1-12(2)15-18-19-16(25-15)17(22)20-8-10-21(11-9-20)26(23,24)14-6-4-13(3)5-7-14/h4-7,12H,8-11H2,1-3H3. The van der Waals surface area contributed by atoms with Gasteiger partial charge in [0.2, 0.25) is 15.9 Å². The van der Waals surface area contributed by atoms with E-state index in [4.69, 9.17) is 4.42 Å². The minimum absolute atomic E-state index is 0.0422. The number of nitrogens with zero attached hydrogens (tertiary/aromatic N) is 4. The van der Waals surface area contributed by atoms with Gasteiger partial charge in [-0.25, -0.2) is 8.42 Å². The first-order valence-corrected chi connectivity index (χ1v) is 9.92. The van der Waals surface area contributed by atoms with E-state index in [0.717, 1.165) is 5.56 Å². The molecule has 1 amide bonds. The summed E-state index contributed by atoms with van der Waals surface area (Å²) >= 11 is 0. The van der Waals surface area contributed by atoms with Gasteiger partial charge in [0.15, 0.2) is 0 Å². The molecule has 26 heavy (non-hydrogen) atoms. The zero-order valence-electron chi connectivity index (χ0n) is 15.0. The molecule has 0 bridgehead atoms. The van der Waals surface area contributed by atoms with E-state index in [-0.39, 0.29) is 48.8 Å². The van der Waals surface area contributed by atoms with Crippen molar-refractivity contribution < 1.29 is 17.6 Å². The normalized spacial score (nSPS) is 16.2. The van der Waals surface area contributed by atoms with Crippen molar-refractivity contribution >= 4 is 15.9 Å². The van der Waals surface area contributed by atoms with Crippen LogP contribution in [0.2, 0.25) is 0 Å². The van der Waals surface area contributed by atoms with Gasteiger partial charge in [0.1, 0.15) is 0 Å². The summed E-state index contributed by atoms with van der Waals surface area (Å²) in [6.07, 6.45) is 0. The van der Waals surface area contributed by atoms with E-state index in [0.29, 0.717) is 5.89 Å². The molecule has 0 saturated carbocycles. The van der Waals surface area contributed by atoms with Crippen molar-refractivity contribution in [1.29, 1.82) is 0 Å². The van der Waals surface area contributed by atoms with E-state index in [1.165, 1.54) is 4.31 Å². The lowest BCUT2D eigenvalue weighted by molar-refractivity contribution is 0.0655. The summed E-state index contributed by atoms with van der Waals surface area (Å²) in [4.78, 5) is 14.3. The number of benzene rings is 1. The third-order valence-electron chi connectivity index (χ3n) is 4.30. The van der Waals surface area contributed by atoms with Gasteiger partial charge in [0, 0.05) is 32.1 Å². The molecule has 1 aliphatic heterocycles. The molecule has 0 atom stereocenters. The first kappa shape index (κ1) is 18.5. The van der Waals surface area contributed by atoms with E-state index in [1.807, 2.05) is 20.8 Å². The van der Waals surface area contributed by atoms with Crippen LogP contribution in [0, 0.1) is 6.92 Å². The van der Waals surface area contributed by atoms with Crippen molar-refractivity contribution in [2.24, 2.45) is 0 Å². The molecule has 1 fully saturated rings. The molecule has 1 aliphatic rings. The van der Waals surface area contributed by atoms with E-state index in [1.54, 1.807) is 29.2 Å². The largest absolute Gasteiger partial charge is 0.417 e. The number of carbonyl (C=O) groups is 1. The predicted molar refractivity (Wildman–Crippen MR) is 94.2 cm³/mol. The summed E-state index contributed by atoms with van der Waals surface area (Å²) in [5.41, 5.74) is 1.000. The second-order valence-electron chi connectivity index (χ2n) is 6.61. The van der Waals surface area contributed by atoms with Crippen molar-refractivity contribution in [1.82, 2.24) is 19.4 Å². The molecule has 1 aromatic heterocycles. The van der Waals surface area contributed by atoms with Gasteiger partial charge in [-0.1, -0.05) is 31.5 Å². The Morgan fingerprint density at radius 1 is 1.08 bits per heavy atom. The molecule has 0 aliphatic carbocycles. The number of rotatable bonds is 4. The zero-order valence-corrected chi connectivity index (χ0v) is 15.9. The third-order valence-corrected chi connectivity index (χ3v) is 6.21. The summed E-state index contributed by atoms with van der Waals surface area (Å²) < 4.78 is 32.2. The number of carbonyl (C=O) groups excluding carboxylic acids is 1. The highest BCUT2D eigenvalue weighted by molar-refractivity contribution is 7.89. The van der Waals surface area contributed by atoms with Crippen LogP contribution in [0.1, 0.15) is 41.9 Å². The maximum absolute atomic E-state index is 12.7. The molecule has 1 saturated heterocycles. The van der Waals surface area contributed by atoms with Gasteiger partial charge in [-0.3, -0.25) is 4.79 Å². The lowest BCUT2D eigenvalue weighted by Crippen LogP contribution is -2.50. The fourth-order valence-corrected chi connectivity index (χ4v) is 4.10. The number of aromatic nitrogens is 2. The van der Waals surface area contributed by atoms with Crippen molar-refractivity contribution in [3.8, 4) is 0 Å². The molecule has 8 nitrogen and oxygen atoms in total. The first-order chi connectivity index (χ1) is 12.3. The lowest BCUT2D eigenvalue weighted by atomic mass is 10.2. The van der Waals surface area contributed by atoms with Crippen LogP contribution in [-0.2, 0) is 10.0 Å². The molecule has 9 heteroatoms.